The third kappa shape index (κ3) is 18.7. The topological polar surface area (TPSA) is 168 Å². The van der Waals surface area contributed by atoms with Gasteiger partial charge in [-0.15, -0.1) is 0 Å². The lowest BCUT2D eigenvalue weighted by Gasteiger charge is -2.26. The zero-order chi connectivity index (χ0) is 56.2. The second-order valence-corrected chi connectivity index (χ2v) is 28.4. The Morgan fingerprint density at radius 3 is 1.08 bits per heavy atom. The van der Waals surface area contributed by atoms with E-state index in [0.29, 0.717) is 92.4 Å². The molecule has 2 unspecified atom stereocenters. The van der Waals surface area contributed by atoms with Crippen LogP contribution in [0.5, 0.6) is 17.2 Å². The number of hydrogen-bond acceptors (Lipinski definition) is 12. The summed E-state index contributed by atoms with van der Waals surface area (Å²) in [4.78, 5) is 43.0. The van der Waals surface area contributed by atoms with E-state index in [-0.39, 0.29) is 29.2 Å². The Morgan fingerprint density at radius 2 is 0.756 bits per heavy atom. The van der Waals surface area contributed by atoms with Crippen LogP contribution in [-0.2, 0) is 33.3 Å². The molecule has 14 nitrogen and oxygen atoms in total. The molecule has 408 valence electrons. The third-order valence-electron chi connectivity index (χ3n) is 12.1. The first kappa shape index (κ1) is 59.3. The van der Waals surface area contributed by atoms with Crippen molar-refractivity contribution in [2.75, 3.05) is 65.9 Å². The van der Waals surface area contributed by atoms with Crippen LogP contribution in [0.1, 0.15) is 92.0 Å². The second kappa shape index (κ2) is 26.6. The van der Waals surface area contributed by atoms with Crippen LogP contribution in [0.25, 0.3) is 0 Å². The van der Waals surface area contributed by atoms with Crippen LogP contribution in [0.15, 0.2) is 109 Å². The fourth-order valence-corrected chi connectivity index (χ4v) is 10.9. The Bertz CT molecular complexity index is 3230. The molecule has 0 spiro atoms. The number of rotatable bonds is 15. The standard InChI is InChI=1S/C61H71N6O8P3/c1-44(2)73-56-25-16-47(17-26-56)11-13-50-37-54(62-59(39-50)77(9,69)70)42-66-33-31-65(41-53-24-23-52(61(64-53)76(7,8)68)22-15-49-20-29-58(30-21-49)75-46(5)6)32-34-67(36-35-66)43-55-38-51(40-60(63-55)78(10,71)72)14-12-48-18-27-57(28-19-48)74-45(3)4/h16-21,23-30,37-40,44-46H,31-36,41-43H2,1-10H3,(H,69,70)(H,71,72). The Labute approximate surface area is 461 Å². The van der Waals surface area contributed by atoms with E-state index < -0.39 is 21.9 Å². The van der Waals surface area contributed by atoms with Crippen LogP contribution in [0.3, 0.4) is 0 Å². The molecule has 2 atom stereocenters. The largest absolute Gasteiger partial charge is 0.491 e. The second-order valence-electron chi connectivity index (χ2n) is 20.8. The van der Waals surface area contributed by atoms with Crippen molar-refractivity contribution in [3.63, 3.8) is 0 Å². The van der Waals surface area contributed by atoms with Crippen molar-refractivity contribution in [3.8, 4) is 52.8 Å². The molecule has 3 aromatic heterocycles. The highest BCUT2D eigenvalue weighted by Crippen LogP contribution is 2.36. The third-order valence-corrected chi connectivity index (χ3v) is 15.6. The van der Waals surface area contributed by atoms with E-state index in [9.17, 15) is 23.5 Å². The maximum Gasteiger partial charge on any atom is 0.244 e. The van der Waals surface area contributed by atoms with Gasteiger partial charge < -0.3 is 28.6 Å². The van der Waals surface area contributed by atoms with Crippen LogP contribution >= 0.6 is 21.9 Å². The number of benzene rings is 3. The smallest absolute Gasteiger partial charge is 0.244 e. The van der Waals surface area contributed by atoms with E-state index in [1.807, 2.05) is 139 Å². The van der Waals surface area contributed by atoms with Crippen molar-refractivity contribution >= 4 is 38.2 Å². The normalized spacial score (nSPS) is 15.3. The van der Waals surface area contributed by atoms with Gasteiger partial charge in [-0.1, -0.05) is 35.5 Å². The van der Waals surface area contributed by atoms with Gasteiger partial charge in [0.25, 0.3) is 0 Å². The molecule has 0 radical (unpaired) electrons. The van der Waals surface area contributed by atoms with Gasteiger partial charge in [0, 0.05) is 100 Å². The van der Waals surface area contributed by atoms with Crippen molar-refractivity contribution < 1.29 is 37.7 Å². The van der Waals surface area contributed by atoms with Crippen molar-refractivity contribution in [1.29, 1.82) is 0 Å². The van der Waals surface area contributed by atoms with Crippen LogP contribution in [0, 0.1) is 35.5 Å². The number of ether oxygens (including phenoxy) is 3. The average molecular weight is 1110 g/mol. The van der Waals surface area contributed by atoms with E-state index in [2.05, 4.69) is 50.2 Å². The lowest BCUT2D eigenvalue weighted by molar-refractivity contribution is 0.207. The molecule has 1 aliphatic heterocycles. The quantitative estimate of drug-likeness (QED) is 0.0742. The molecule has 2 N–H and O–H groups in total. The maximum absolute atomic E-state index is 13.9. The van der Waals surface area contributed by atoms with Gasteiger partial charge in [-0.05, 0) is 164 Å². The van der Waals surface area contributed by atoms with Crippen LogP contribution in [0.2, 0.25) is 0 Å². The molecule has 1 fully saturated rings. The SMILES string of the molecule is CC(C)Oc1ccc(C#Cc2cc(CN3CCN(Cc4cc(C#Cc5ccc(OC(C)C)cc5)cc(P(C)(=O)O)n4)CCN(Cc4ccc(C#Cc5ccc(OC(C)C)cc5)c(P(C)(C)=O)n4)CC3)nc(P(C)(=O)O)c2)cc1. The summed E-state index contributed by atoms with van der Waals surface area (Å²) in [6, 6.07) is 33.3. The predicted octanol–water partition coefficient (Wildman–Crippen LogP) is 8.55. The van der Waals surface area contributed by atoms with E-state index in [1.165, 1.54) is 13.3 Å². The Morgan fingerprint density at radius 1 is 0.436 bits per heavy atom. The van der Waals surface area contributed by atoms with Crippen molar-refractivity contribution in [3.05, 3.63) is 160 Å². The number of pyridine rings is 3. The first-order chi connectivity index (χ1) is 36.9. The summed E-state index contributed by atoms with van der Waals surface area (Å²) in [7, 11) is -10.5. The van der Waals surface area contributed by atoms with Crippen LogP contribution in [0.4, 0.5) is 0 Å². The molecule has 78 heavy (non-hydrogen) atoms. The predicted molar refractivity (Wildman–Crippen MR) is 313 cm³/mol. The monoisotopic (exact) mass is 1110 g/mol. The van der Waals surface area contributed by atoms with Crippen molar-refractivity contribution in [2.24, 2.45) is 0 Å². The van der Waals surface area contributed by atoms with E-state index in [4.69, 9.17) is 29.2 Å². The molecule has 0 amide bonds. The number of hydrogen-bond donors (Lipinski definition) is 2. The number of nitrogens with zero attached hydrogens (tertiary/aromatic N) is 6. The summed E-state index contributed by atoms with van der Waals surface area (Å²) in [5.74, 6) is 21.5. The average Bonchev–Trinajstić information content (AvgIpc) is 3.47. The molecule has 4 heterocycles. The molecule has 17 heteroatoms. The Balaban J connectivity index is 1.19. The molecule has 1 aliphatic rings. The van der Waals surface area contributed by atoms with Crippen molar-refractivity contribution in [1.82, 2.24) is 29.7 Å². The molecule has 0 bridgehead atoms. The maximum atomic E-state index is 13.9. The zero-order valence-corrected chi connectivity index (χ0v) is 49.0. The number of aromatic nitrogens is 3. The molecule has 6 aromatic rings. The summed E-state index contributed by atoms with van der Waals surface area (Å²) in [6.45, 7) is 22.6. The molecule has 0 aliphatic carbocycles. The summed E-state index contributed by atoms with van der Waals surface area (Å²) in [6.07, 6.45) is 0.125. The van der Waals surface area contributed by atoms with Crippen molar-refractivity contribution in [2.45, 2.75) is 79.5 Å². The fraction of sp³-hybridized carbons (Fsp3) is 0.361. The molecule has 3 aromatic carbocycles. The Hall–Kier alpha value is -6.32. The lowest BCUT2D eigenvalue weighted by atomic mass is 10.1. The fourth-order valence-electron chi connectivity index (χ4n) is 8.40. The molecule has 7 rings (SSSR count). The Kier molecular flexibility index (Phi) is 20.2. The highest BCUT2D eigenvalue weighted by atomic mass is 31.2. The van der Waals surface area contributed by atoms with Gasteiger partial charge in [0.1, 0.15) is 40.7 Å². The molecular formula is C61H71N6O8P3. The van der Waals surface area contributed by atoms with Gasteiger partial charge in [-0.25, -0.2) is 15.0 Å². The minimum absolute atomic E-state index is 0.0362. The van der Waals surface area contributed by atoms with E-state index >= 15 is 0 Å². The summed E-state index contributed by atoms with van der Waals surface area (Å²) < 4.78 is 57.7. The highest BCUT2D eigenvalue weighted by Gasteiger charge is 2.24. The first-order valence-corrected chi connectivity index (χ1v) is 32.9. The van der Waals surface area contributed by atoms with Crippen LogP contribution < -0.4 is 30.5 Å². The van der Waals surface area contributed by atoms with Crippen LogP contribution in [-0.4, -0.2) is 124 Å². The minimum Gasteiger partial charge on any atom is -0.491 e. The molecular weight excluding hydrogens is 1040 g/mol. The summed E-state index contributed by atoms with van der Waals surface area (Å²) >= 11 is 0. The van der Waals surface area contributed by atoms with Gasteiger partial charge in [0.2, 0.25) is 14.7 Å². The van der Waals surface area contributed by atoms with Gasteiger partial charge in [0.15, 0.2) is 0 Å². The first-order valence-electron chi connectivity index (χ1n) is 26.1. The lowest BCUT2D eigenvalue weighted by Crippen LogP contribution is -2.36. The summed E-state index contributed by atoms with van der Waals surface area (Å²) in [5.41, 5.74) is 6.61. The van der Waals surface area contributed by atoms with E-state index in [0.717, 1.165) is 39.6 Å². The zero-order valence-electron chi connectivity index (χ0n) is 46.4. The highest BCUT2D eigenvalue weighted by molar-refractivity contribution is 7.70. The van der Waals surface area contributed by atoms with E-state index in [1.54, 1.807) is 25.5 Å². The molecule has 1 saturated heterocycles. The van der Waals surface area contributed by atoms with Gasteiger partial charge in [-0.3, -0.25) is 23.8 Å². The molecule has 0 saturated carbocycles. The van der Waals surface area contributed by atoms with Gasteiger partial charge >= 0.3 is 0 Å². The van der Waals surface area contributed by atoms with Gasteiger partial charge in [-0.2, -0.15) is 0 Å². The minimum atomic E-state index is -3.79. The van der Waals surface area contributed by atoms with Gasteiger partial charge in [0.05, 0.1) is 41.0 Å². The summed E-state index contributed by atoms with van der Waals surface area (Å²) in [5, 5.41) is 0.